The first-order chi connectivity index (χ1) is 15.6. The van der Waals surface area contributed by atoms with Crippen LogP contribution in [0.1, 0.15) is 40.5 Å². The number of nitrogens with one attached hydrogen (secondary N) is 2. The summed E-state index contributed by atoms with van der Waals surface area (Å²) in [6.45, 7) is 3.75. The molecule has 9 heteroatoms. The van der Waals surface area contributed by atoms with Gasteiger partial charge in [-0.1, -0.05) is 29.5 Å². The molecule has 166 valence electrons. The summed E-state index contributed by atoms with van der Waals surface area (Å²) < 4.78 is 5.43. The van der Waals surface area contributed by atoms with Crippen molar-refractivity contribution in [2.45, 2.75) is 25.7 Å². The number of carbonyl (C=O) groups excluding carboxylic acids is 2. The number of urea groups is 1. The van der Waals surface area contributed by atoms with Gasteiger partial charge in [-0.15, -0.1) is 10.2 Å². The van der Waals surface area contributed by atoms with Gasteiger partial charge in [-0.2, -0.15) is 0 Å². The Bertz CT molecular complexity index is 1060. The SMILES string of the molecule is CCOc1ccc(NC(=O)N2CCCC(c3nnc(C(=O)Nc4ccccc4)s3)C2)cc1. The summed E-state index contributed by atoms with van der Waals surface area (Å²) in [5, 5.41) is 15.2. The summed E-state index contributed by atoms with van der Waals surface area (Å²) in [6, 6.07) is 16.4. The van der Waals surface area contributed by atoms with Crippen LogP contribution in [-0.4, -0.2) is 46.7 Å². The molecule has 32 heavy (non-hydrogen) atoms. The fourth-order valence-electron chi connectivity index (χ4n) is 3.56. The minimum Gasteiger partial charge on any atom is -0.494 e. The van der Waals surface area contributed by atoms with E-state index in [0.717, 1.165) is 29.3 Å². The Morgan fingerprint density at radius 1 is 1.06 bits per heavy atom. The lowest BCUT2D eigenvalue weighted by Gasteiger charge is -2.31. The second kappa shape index (κ2) is 10.2. The van der Waals surface area contributed by atoms with Crippen LogP contribution in [0.5, 0.6) is 5.75 Å². The van der Waals surface area contributed by atoms with E-state index < -0.39 is 0 Å². The third-order valence-corrected chi connectivity index (χ3v) is 6.23. The fraction of sp³-hybridized carbons (Fsp3) is 0.304. The third-order valence-electron chi connectivity index (χ3n) is 5.14. The maximum absolute atomic E-state index is 12.8. The number of amides is 3. The standard InChI is InChI=1S/C23H25N5O3S/c1-2-31-19-12-10-18(11-13-19)25-23(30)28-14-6-7-16(15-28)21-26-27-22(32-21)20(29)24-17-8-4-3-5-9-17/h3-5,8-13,16H,2,6-7,14-15H2,1H3,(H,24,29)(H,25,30). The van der Waals surface area contributed by atoms with Gasteiger partial charge in [0, 0.05) is 30.4 Å². The molecule has 1 saturated heterocycles. The zero-order chi connectivity index (χ0) is 22.3. The largest absolute Gasteiger partial charge is 0.494 e. The summed E-state index contributed by atoms with van der Waals surface area (Å²) in [7, 11) is 0. The number of hydrogen-bond donors (Lipinski definition) is 2. The molecule has 1 aliphatic heterocycles. The van der Waals surface area contributed by atoms with Crippen LogP contribution < -0.4 is 15.4 Å². The van der Waals surface area contributed by atoms with Crippen LogP contribution >= 0.6 is 11.3 Å². The molecule has 2 aromatic carbocycles. The summed E-state index contributed by atoms with van der Waals surface area (Å²) in [4.78, 5) is 27.0. The predicted molar refractivity (Wildman–Crippen MR) is 124 cm³/mol. The quantitative estimate of drug-likeness (QED) is 0.571. The first-order valence-corrected chi connectivity index (χ1v) is 11.4. The number of hydrogen-bond acceptors (Lipinski definition) is 6. The molecular formula is C23H25N5O3S. The Hall–Kier alpha value is -3.46. The van der Waals surface area contributed by atoms with Crippen molar-refractivity contribution in [3.05, 3.63) is 64.6 Å². The molecule has 1 unspecified atom stereocenters. The summed E-state index contributed by atoms with van der Waals surface area (Å²) in [5.41, 5.74) is 1.43. The minimum absolute atomic E-state index is 0.0607. The lowest BCUT2D eigenvalue weighted by molar-refractivity contribution is 0.102. The lowest BCUT2D eigenvalue weighted by atomic mass is 9.99. The molecule has 2 heterocycles. The zero-order valence-electron chi connectivity index (χ0n) is 17.8. The van der Waals surface area contributed by atoms with Gasteiger partial charge in [0.05, 0.1) is 6.61 Å². The number of aromatic nitrogens is 2. The number of rotatable bonds is 6. The van der Waals surface area contributed by atoms with E-state index in [-0.39, 0.29) is 17.9 Å². The molecule has 1 aromatic heterocycles. The zero-order valence-corrected chi connectivity index (χ0v) is 18.6. The molecule has 3 amide bonds. The van der Waals surface area contributed by atoms with Crippen molar-refractivity contribution in [2.24, 2.45) is 0 Å². The second-order valence-electron chi connectivity index (χ2n) is 7.44. The number of piperidine rings is 1. The van der Waals surface area contributed by atoms with Crippen molar-refractivity contribution >= 4 is 34.6 Å². The van der Waals surface area contributed by atoms with E-state index >= 15 is 0 Å². The Kier molecular flexibility index (Phi) is 6.96. The monoisotopic (exact) mass is 451 g/mol. The lowest BCUT2D eigenvalue weighted by Crippen LogP contribution is -2.41. The van der Waals surface area contributed by atoms with Gasteiger partial charge in [0.2, 0.25) is 5.01 Å². The van der Waals surface area contributed by atoms with Crippen LogP contribution in [0.25, 0.3) is 0 Å². The molecule has 4 rings (SSSR count). The second-order valence-corrected chi connectivity index (χ2v) is 8.45. The first kappa shape index (κ1) is 21.8. The maximum atomic E-state index is 12.8. The first-order valence-electron chi connectivity index (χ1n) is 10.6. The molecule has 0 bridgehead atoms. The van der Waals surface area contributed by atoms with Crippen molar-refractivity contribution in [1.82, 2.24) is 15.1 Å². The summed E-state index contributed by atoms with van der Waals surface area (Å²) in [5.74, 6) is 0.554. The fourth-order valence-corrected chi connectivity index (χ4v) is 4.43. The average molecular weight is 452 g/mol. The number of anilines is 2. The van der Waals surface area contributed by atoms with Crippen molar-refractivity contribution in [2.75, 3.05) is 30.3 Å². The Morgan fingerprint density at radius 2 is 1.81 bits per heavy atom. The van der Waals surface area contributed by atoms with E-state index in [0.29, 0.717) is 30.4 Å². The Labute approximate surface area is 190 Å². The molecule has 0 spiro atoms. The topological polar surface area (TPSA) is 96.4 Å². The van der Waals surface area contributed by atoms with Gasteiger partial charge in [0.25, 0.3) is 5.91 Å². The number of carbonyl (C=O) groups is 2. The van der Waals surface area contributed by atoms with E-state index in [1.54, 1.807) is 4.90 Å². The smallest absolute Gasteiger partial charge is 0.321 e. The van der Waals surface area contributed by atoms with Gasteiger partial charge in [-0.3, -0.25) is 4.79 Å². The van der Waals surface area contributed by atoms with Crippen LogP contribution in [0.2, 0.25) is 0 Å². The Balaban J connectivity index is 1.35. The van der Waals surface area contributed by atoms with Crippen LogP contribution in [0, 0.1) is 0 Å². The normalized spacial score (nSPS) is 15.8. The molecule has 0 saturated carbocycles. The van der Waals surface area contributed by atoms with Crippen LogP contribution in [0.3, 0.4) is 0 Å². The van der Waals surface area contributed by atoms with Crippen molar-refractivity contribution in [3.63, 3.8) is 0 Å². The highest BCUT2D eigenvalue weighted by Gasteiger charge is 2.28. The average Bonchev–Trinajstić information content (AvgIpc) is 3.32. The molecule has 8 nitrogen and oxygen atoms in total. The van der Waals surface area contributed by atoms with E-state index in [4.69, 9.17) is 4.74 Å². The number of benzene rings is 2. The van der Waals surface area contributed by atoms with Gasteiger partial charge in [0.1, 0.15) is 10.8 Å². The highest BCUT2D eigenvalue weighted by atomic mass is 32.1. The number of para-hydroxylation sites is 1. The van der Waals surface area contributed by atoms with E-state index in [1.807, 2.05) is 61.5 Å². The molecular weight excluding hydrogens is 426 g/mol. The van der Waals surface area contributed by atoms with Gasteiger partial charge in [0.15, 0.2) is 0 Å². The van der Waals surface area contributed by atoms with E-state index in [2.05, 4.69) is 20.8 Å². The summed E-state index contributed by atoms with van der Waals surface area (Å²) in [6.07, 6.45) is 1.77. The van der Waals surface area contributed by atoms with Gasteiger partial charge in [-0.05, 0) is 56.2 Å². The third kappa shape index (κ3) is 5.42. The maximum Gasteiger partial charge on any atom is 0.321 e. The molecule has 1 fully saturated rings. The van der Waals surface area contributed by atoms with Crippen LogP contribution in [-0.2, 0) is 0 Å². The highest BCUT2D eigenvalue weighted by Crippen LogP contribution is 2.30. The molecule has 1 atom stereocenters. The van der Waals surface area contributed by atoms with Gasteiger partial charge in [-0.25, -0.2) is 4.79 Å². The molecule has 0 radical (unpaired) electrons. The summed E-state index contributed by atoms with van der Waals surface area (Å²) >= 11 is 1.28. The van der Waals surface area contributed by atoms with E-state index in [1.165, 1.54) is 11.3 Å². The molecule has 2 N–H and O–H groups in total. The van der Waals surface area contributed by atoms with Gasteiger partial charge >= 0.3 is 6.03 Å². The van der Waals surface area contributed by atoms with Crippen molar-refractivity contribution in [1.29, 1.82) is 0 Å². The van der Waals surface area contributed by atoms with Crippen LogP contribution in [0.15, 0.2) is 54.6 Å². The van der Waals surface area contributed by atoms with Crippen LogP contribution in [0.4, 0.5) is 16.2 Å². The number of likely N-dealkylation sites (tertiary alicyclic amines) is 1. The minimum atomic E-state index is -0.277. The van der Waals surface area contributed by atoms with Crippen molar-refractivity contribution in [3.8, 4) is 5.75 Å². The molecule has 1 aliphatic rings. The van der Waals surface area contributed by atoms with Gasteiger partial charge < -0.3 is 20.3 Å². The van der Waals surface area contributed by atoms with Crippen molar-refractivity contribution < 1.29 is 14.3 Å². The number of nitrogens with zero attached hydrogens (tertiary/aromatic N) is 3. The number of ether oxygens (including phenoxy) is 1. The van der Waals surface area contributed by atoms with E-state index in [9.17, 15) is 9.59 Å². The predicted octanol–water partition coefficient (Wildman–Crippen LogP) is 4.60. The molecule has 3 aromatic rings. The highest BCUT2D eigenvalue weighted by molar-refractivity contribution is 7.13. The molecule has 0 aliphatic carbocycles. The Morgan fingerprint density at radius 3 is 2.56 bits per heavy atom.